The molecule has 6 rings (SSSR count). The van der Waals surface area contributed by atoms with Crippen molar-refractivity contribution in [3.05, 3.63) is 102 Å². The number of aromatic amines is 2. The molecule has 0 saturated heterocycles. The summed E-state index contributed by atoms with van der Waals surface area (Å²) in [5.41, 5.74) is 5.33. The van der Waals surface area contributed by atoms with Crippen molar-refractivity contribution in [1.29, 1.82) is 0 Å². The molecular weight excluding hydrogens is 330 g/mol. The molecule has 3 heterocycles. The average molecular weight is 348 g/mol. The van der Waals surface area contributed by atoms with E-state index in [1.54, 1.807) is 0 Å². The Morgan fingerprint density at radius 2 is 1.59 bits per heavy atom. The van der Waals surface area contributed by atoms with Gasteiger partial charge in [-0.05, 0) is 34.5 Å². The highest BCUT2D eigenvalue weighted by Gasteiger charge is 2.45. The molecule has 129 valence electrons. The van der Waals surface area contributed by atoms with Crippen molar-refractivity contribution in [3.8, 4) is 0 Å². The van der Waals surface area contributed by atoms with Crippen molar-refractivity contribution in [2.75, 3.05) is 0 Å². The van der Waals surface area contributed by atoms with E-state index in [1.165, 1.54) is 21.7 Å². The van der Waals surface area contributed by atoms with Gasteiger partial charge in [-0.25, -0.2) is 0 Å². The summed E-state index contributed by atoms with van der Waals surface area (Å²) in [5, 5.41) is 8.94. The number of hydrogen-bond donors (Lipinski definition) is 2. The van der Waals surface area contributed by atoms with Gasteiger partial charge in [0.1, 0.15) is 5.54 Å². The number of nitrogens with one attached hydrogen (secondary N) is 2. The van der Waals surface area contributed by atoms with E-state index in [4.69, 9.17) is 5.32 Å². The van der Waals surface area contributed by atoms with E-state index >= 15 is 0 Å². The van der Waals surface area contributed by atoms with E-state index in [9.17, 15) is 0 Å². The second-order valence-electron chi connectivity index (χ2n) is 7.30. The molecule has 0 saturated carbocycles. The second-order valence-corrected chi connectivity index (χ2v) is 7.30. The summed E-state index contributed by atoms with van der Waals surface area (Å²) in [6.07, 6.45) is 2.94. The van der Waals surface area contributed by atoms with Gasteiger partial charge in [0, 0.05) is 23.5 Å². The van der Waals surface area contributed by atoms with Gasteiger partial charge in [-0.3, -0.25) is 5.32 Å². The fourth-order valence-corrected chi connectivity index (χ4v) is 4.44. The molecule has 0 bridgehead atoms. The number of hydrogen-bond acceptors (Lipinski definition) is 0. The largest absolute Gasteiger partial charge is 0.362 e. The van der Waals surface area contributed by atoms with Gasteiger partial charge in [-0.15, -0.1) is 0 Å². The smallest absolute Gasteiger partial charge is 0.145 e. The Kier molecular flexibility index (Phi) is 2.87. The van der Waals surface area contributed by atoms with E-state index in [0.29, 0.717) is 0 Å². The summed E-state index contributed by atoms with van der Waals surface area (Å²) >= 11 is 0. The Balaban J connectivity index is 1.64. The summed E-state index contributed by atoms with van der Waals surface area (Å²) in [6, 6.07) is 27.7. The molecule has 2 N–H and O–H groups in total. The Morgan fingerprint density at radius 3 is 2.48 bits per heavy atom. The minimum absolute atomic E-state index is 0.466. The lowest BCUT2D eigenvalue weighted by Crippen LogP contribution is -2.35. The molecule has 0 aliphatic carbocycles. The number of nitrogens with zero attached hydrogens (tertiary/aromatic N) is 1. The SMILES string of the molecule is c1ccc2c(c1)CC(c1cc3ccccc3[nH]1)(c1[nH]cc3ccccc13)[N]2. The van der Waals surface area contributed by atoms with Crippen LogP contribution in [0, 0.1) is 0 Å². The standard InChI is InChI=1S/C24H18N3/c1-4-10-19-18(9-1)15-25-23(19)24(14-17-8-3-6-12-21(17)27-24)22-13-16-7-2-5-11-20(16)26-22/h1-13,15,25-26H,14H2. The third kappa shape index (κ3) is 2.02. The molecule has 3 heteroatoms. The summed E-state index contributed by atoms with van der Waals surface area (Å²) < 4.78 is 0. The number of benzene rings is 3. The molecular formula is C24H18N3. The zero-order valence-electron chi connectivity index (χ0n) is 14.7. The van der Waals surface area contributed by atoms with Crippen LogP contribution in [0.2, 0.25) is 0 Å². The molecule has 0 fully saturated rings. The third-order valence-electron chi connectivity index (χ3n) is 5.74. The van der Waals surface area contributed by atoms with Crippen molar-refractivity contribution >= 4 is 27.4 Å². The lowest BCUT2D eigenvalue weighted by molar-refractivity contribution is 0.468. The molecule has 2 aromatic heterocycles. The summed E-state index contributed by atoms with van der Waals surface area (Å²) in [4.78, 5) is 7.21. The van der Waals surface area contributed by atoms with Crippen molar-refractivity contribution in [2.45, 2.75) is 12.0 Å². The van der Waals surface area contributed by atoms with Crippen LogP contribution in [0.1, 0.15) is 17.0 Å². The van der Waals surface area contributed by atoms with Gasteiger partial charge in [-0.1, -0.05) is 60.7 Å². The first kappa shape index (κ1) is 14.7. The predicted octanol–water partition coefficient (Wildman–Crippen LogP) is 5.39. The quantitative estimate of drug-likeness (QED) is 0.430. The minimum Gasteiger partial charge on any atom is -0.362 e. The van der Waals surface area contributed by atoms with E-state index in [1.807, 2.05) is 0 Å². The molecule has 1 atom stereocenters. The van der Waals surface area contributed by atoms with Crippen LogP contribution in [0.15, 0.2) is 85.1 Å². The van der Waals surface area contributed by atoms with Crippen LogP contribution in [0.5, 0.6) is 0 Å². The zero-order valence-corrected chi connectivity index (χ0v) is 14.7. The van der Waals surface area contributed by atoms with E-state index in [2.05, 4.69) is 95.0 Å². The highest BCUT2D eigenvalue weighted by molar-refractivity contribution is 5.88. The lowest BCUT2D eigenvalue weighted by Gasteiger charge is -2.27. The van der Waals surface area contributed by atoms with Gasteiger partial charge in [0.2, 0.25) is 0 Å². The lowest BCUT2D eigenvalue weighted by atomic mass is 9.86. The Morgan fingerprint density at radius 1 is 0.815 bits per heavy atom. The van der Waals surface area contributed by atoms with Gasteiger partial charge in [0.15, 0.2) is 0 Å². The molecule has 1 unspecified atom stereocenters. The van der Waals surface area contributed by atoms with Crippen LogP contribution in [0.4, 0.5) is 5.69 Å². The Hall–Kier alpha value is -3.46. The van der Waals surface area contributed by atoms with Gasteiger partial charge in [0.05, 0.1) is 17.1 Å². The van der Waals surface area contributed by atoms with Crippen LogP contribution in [-0.2, 0) is 12.0 Å². The van der Waals surface area contributed by atoms with Crippen molar-refractivity contribution < 1.29 is 0 Å². The number of aromatic nitrogens is 2. The molecule has 0 amide bonds. The summed E-state index contributed by atoms with van der Waals surface area (Å²) in [5.74, 6) is 0. The van der Waals surface area contributed by atoms with Crippen LogP contribution in [-0.4, -0.2) is 9.97 Å². The molecule has 0 spiro atoms. The number of fused-ring (bicyclic) bond motifs is 3. The summed E-state index contributed by atoms with van der Waals surface area (Å²) in [7, 11) is 0. The first-order valence-corrected chi connectivity index (χ1v) is 9.29. The van der Waals surface area contributed by atoms with Crippen molar-refractivity contribution in [3.63, 3.8) is 0 Å². The van der Waals surface area contributed by atoms with Gasteiger partial charge < -0.3 is 9.97 Å². The van der Waals surface area contributed by atoms with Crippen LogP contribution >= 0.6 is 0 Å². The maximum Gasteiger partial charge on any atom is 0.145 e. The zero-order chi connectivity index (χ0) is 17.8. The minimum atomic E-state index is -0.466. The van der Waals surface area contributed by atoms with Crippen LogP contribution < -0.4 is 5.32 Å². The third-order valence-corrected chi connectivity index (χ3v) is 5.74. The normalized spacial score (nSPS) is 18.7. The number of para-hydroxylation sites is 2. The highest BCUT2D eigenvalue weighted by atomic mass is 15.1. The molecule has 3 aromatic carbocycles. The Bertz CT molecular complexity index is 1230. The van der Waals surface area contributed by atoms with E-state index in [0.717, 1.165) is 29.0 Å². The van der Waals surface area contributed by atoms with Crippen molar-refractivity contribution in [1.82, 2.24) is 15.3 Å². The second kappa shape index (κ2) is 5.27. The van der Waals surface area contributed by atoms with Crippen molar-refractivity contribution in [2.24, 2.45) is 0 Å². The molecule has 1 radical (unpaired) electrons. The van der Waals surface area contributed by atoms with Gasteiger partial charge in [0.25, 0.3) is 0 Å². The van der Waals surface area contributed by atoms with Gasteiger partial charge >= 0.3 is 0 Å². The van der Waals surface area contributed by atoms with E-state index in [-0.39, 0.29) is 0 Å². The Labute approximate surface area is 157 Å². The van der Waals surface area contributed by atoms with Crippen LogP contribution in [0.25, 0.3) is 21.7 Å². The van der Waals surface area contributed by atoms with E-state index < -0.39 is 5.54 Å². The molecule has 27 heavy (non-hydrogen) atoms. The number of H-pyrrole nitrogens is 2. The number of rotatable bonds is 2. The monoisotopic (exact) mass is 348 g/mol. The van der Waals surface area contributed by atoms with Crippen LogP contribution in [0.3, 0.4) is 0 Å². The fourth-order valence-electron chi connectivity index (χ4n) is 4.44. The predicted molar refractivity (Wildman–Crippen MR) is 109 cm³/mol. The fraction of sp³-hybridized carbons (Fsp3) is 0.0833. The summed E-state index contributed by atoms with van der Waals surface area (Å²) in [6.45, 7) is 0. The first-order chi connectivity index (χ1) is 13.3. The molecule has 1 aliphatic rings. The first-order valence-electron chi connectivity index (χ1n) is 9.29. The topological polar surface area (TPSA) is 45.7 Å². The van der Waals surface area contributed by atoms with Gasteiger partial charge in [-0.2, -0.15) is 0 Å². The maximum absolute atomic E-state index is 5.28. The molecule has 3 nitrogen and oxygen atoms in total. The molecule has 1 aliphatic heterocycles. The average Bonchev–Trinajstić information content (AvgIpc) is 3.42. The maximum atomic E-state index is 5.28. The molecule has 5 aromatic rings. The highest BCUT2D eigenvalue weighted by Crippen LogP contribution is 2.46.